The quantitative estimate of drug-likeness (QED) is 0.888. The van der Waals surface area contributed by atoms with E-state index in [0.717, 1.165) is 28.2 Å². The second-order valence-electron chi connectivity index (χ2n) is 4.64. The summed E-state index contributed by atoms with van der Waals surface area (Å²) in [7, 11) is 0. The fraction of sp³-hybridized carbons (Fsp3) is 0.385. The van der Waals surface area contributed by atoms with Crippen molar-refractivity contribution >= 4 is 32.6 Å². The SMILES string of the molecule is CC(Nc1nc2ccccc2s1)C(=O)NC1CC1. The van der Waals surface area contributed by atoms with Crippen LogP contribution in [0.5, 0.6) is 0 Å². The summed E-state index contributed by atoms with van der Waals surface area (Å²) < 4.78 is 1.13. The zero-order valence-electron chi connectivity index (χ0n) is 10.1. The van der Waals surface area contributed by atoms with E-state index in [-0.39, 0.29) is 11.9 Å². The van der Waals surface area contributed by atoms with Crippen molar-refractivity contribution in [1.82, 2.24) is 10.3 Å². The molecule has 1 aromatic heterocycles. The molecule has 18 heavy (non-hydrogen) atoms. The first-order valence-electron chi connectivity index (χ1n) is 6.15. The first-order valence-corrected chi connectivity index (χ1v) is 6.96. The summed E-state index contributed by atoms with van der Waals surface area (Å²) in [5.74, 6) is 0.0526. The predicted molar refractivity (Wildman–Crippen MR) is 73.9 cm³/mol. The third-order valence-electron chi connectivity index (χ3n) is 2.95. The number of aromatic nitrogens is 1. The van der Waals surface area contributed by atoms with Gasteiger partial charge >= 0.3 is 0 Å². The van der Waals surface area contributed by atoms with Gasteiger partial charge in [-0.1, -0.05) is 23.5 Å². The van der Waals surface area contributed by atoms with Crippen molar-refractivity contribution in [3.8, 4) is 0 Å². The van der Waals surface area contributed by atoms with Crippen LogP contribution in [-0.4, -0.2) is 23.0 Å². The minimum absolute atomic E-state index is 0.0526. The highest BCUT2D eigenvalue weighted by Gasteiger charge is 2.25. The van der Waals surface area contributed by atoms with E-state index >= 15 is 0 Å². The molecule has 0 spiro atoms. The van der Waals surface area contributed by atoms with Gasteiger partial charge in [-0.2, -0.15) is 0 Å². The Bertz CT molecular complexity index is 543. The van der Waals surface area contributed by atoms with E-state index in [9.17, 15) is 4.79 Å². The van der Waals surface area contributed by atoms with Crippen LogP contribution in [0.4, 0.5) is 5.13 Å². The maximum Gasteiger partial charge on any atom is 0.242 e. The topological polar surface area (TPSA) is 54.0 Å². The molecule has 1 fully saturated rings. The number of thiazole rings is 1. The van der Waals surface area contributed by atoms with Crippen molar-refractivity contribution in [1.29, 1.82) is 0 Å². The molecule has 0 radical (unpaired) electrons. The van der Waals surface area contributed by atoms with Gasteiger partial charge in [0.05, 0.1) is 10.2 Å². The maximum atomic E-state index is 11.8. The predicted octanol–water partition coefficient (Wildman–Crippen LogP) is 2.38. The maximum absolute atomic E-state index is 11.8. The summed E-state index contributed by atoms with van der Waals surface area (Å²) in [6, 6.07) is 8.13. The van der Waals surface area contributed by atoms with Crippen LogP contribution in [-0.2, 0) is 4.79 Å². The summed E-state index contributed by atoms with van der Waals surface area (Å²) in [6.07, 6.45) is 2.22. The van der Waals surface area contributed by atoms with Crippen molar-refractivity contribution < 1.29 is 4.79 Å². The largest absolute Gasteiger partial charge is 0.352 e. The summed E-state index contributed by atoms with van der Waals surface area (Å²) in [4.78, 5) is 16.3. The van der Waals surface area contributed by atoms with Gasteiger partial charge in [-0.15, -0.1) is 0 Å². The number of para-hydroxylation sites is 1. The third kappa shape index (κ3) is 2.46. The number of hydrogen-bond donors (Lipinski definition) is 2. The Morgan fingerprint density at radius 3 is 2.94 bits per heavy atom. The number of rotatable bonds is 4. The standard InChI is InChI=1S/C13H15N3OS/c1-8(12(17)15-9-6-7-9)14-13-16-10-4-2-3-5-11(10)18-13/h2-5,8-9H,6-7H2,1H3,(H,14,16)(H,15,17). The lowest BCUT2D eigenvalue weighted by Gasteiger charge is -2.12. The molecule has 1 heterocycles. The fourth-order valence-electron chi connectivity index (χ4n) is 1.74. The molecule has 2 aromatic rings. The molecule has 1 aromatic carbocycles. The number of hydrogen-bond acceptors (Lipinski definition) is 4. The molecule has 3 rings (SSSR count). The van der Waals surface area contributed by atoms with Gasteiger partial charge in [0.1, 0.15) is 6.04 Å². The second kappa shape index (κ2) is 4.57. The Hall–Kier alpha value is -1.62. The Labute approximate surface area is 109 Å². The number of anilines is 1. The average Bonchev–Trinajstić information content (AvgIpc) is 3.07. The number of fused-ring (bicyclic) bond motifs is 1. The zero-order valence-corrected chi connectivity index (χ0v) is 11.0. The number of amides is 1. The molecule has 1 aliphatic rings. The van der Waals surface area contributed by atoms with Crippen LogP contribution in [0.1, 0.15) is 19.8 Å². The number of carbonyl (C=O) groups excluding carboxylic acids is 1. The molecule has 0 bridgehead atoms. The Kier molecular flexibility index (Phi) is 2.91. The Morgan fingerprint density at radius 1 is 1.44 bits per heavy atom. The van der Waals surface area contributed by atoms with E-state index in [0.29, 0.717) is 6.04 Å². The van der Waals surface area contributed by atoms with Crippen LogP contribution >= 0.6 is 11.3 Å². The number of nitrogens with one attached hydrogen (secondary N) is 2. The molecule has 5 heteroatoms. The highest BCUT2D eigenvalue weighted by Crippen LogP contribution is 2.26. The lowest BCUT2D eigenvalue weighted by Crippen LogP contribution is -2.38. The molecule has 1 saturated carbocycles. The molecule has 2 N–H and O–H groups in total. The lowest BCUT2D eigenvalue weighted by atomic mass is 10.3. The van der Waals surface area contributed by atoms with Crippen molar-refractivity contribution in [2.24, 2.45) is 0 Å². The van der Waals surface area contributed by atoms with E-state index in [1.807, 2.05) is 31.2 Å². The molecule has 1 aliphatic carbocycles. The molecule has 4 nitrogen and oxygen atoms in total. The minimum Gasteiger partial charge on any atom is -0.352 e. The van der Waals surface area contributed by atoms with Gasteiger partial charge in [-0.25, -0.2) is 4.98 Å². The van der Waals surface area contributed by atoms with E-state index in [1.54, 1.807) is 11.3 Å². The van der Waals surface area contributed by atoms with Crippen LogP contribution in [0.25, 0.3) is 10.2 Å². The molecule has 94 valence electrons. The zero-order chi connectivity index (χ0) is 12.5. The molecular weight excluding hydrogens is 246 g/mol. The van der Waals surface area contributed by atoms with Crippen LogP contribution in [0, 0.1) is 0 Å². The van der Waals surface area contributed by atoms with E-state index < -0.39 is 0 Å². The van der Waals surface area contributed by atoms with Crippen molar-refractivity contribution in [3.63, 3.8) is 0 Å². The van der Waals surface area contributed by atoms with Crippen LogP contribution in [0.2, 0.25) is 0 Å². The van der Waals surface area contributed by atoms with E-state index in [2.05, 4.69) is 15.6 Å². The molecule has 1 atom stereocenters. The molecular formula is C13H15N3OS. The number of carbonyl (C=O) groups is 1. The summed E-state index contributed by atoms with van der Waals surface area (Å²) in [6.45, 7) is 1.86. The van der Waals surface area contributed by atoms with Gasteiger partial charge in [-0.05, 0) is 31.9 Å². The van der Waals surface area contributed by atoms with Gasteiger partial charge in [-0.3, -0.25) is 4.79 Å². The Balaban J connectivity index is 1.68. The van der Waals surface area contributed by atoms with Crippen molar-refractivity contribution in [3.05, 3.63) is 24.3 Å². The highest BCUT2D eigenvalue weighted by atomic mass is 32.1. The van der Waals surface area contributed by atoms with Crippen LogP contribution < -0.4 is 10.6 Å². The molecule has 0 aliphatic heterocycles. The normalized spacial score (nSPS) is 16.5. The van der Waals surface area contributed by atoms with Gasteiger partial charge < -0.3 is 10.6 Å². The second-order valence-corrected chi connectivity index (χ2v) is 5.67. The smallest absolute Gasteiger partial charge is 0.242 e. The minimum atomic E-state index is -0.244. The fourth-order valence-corrected chi connectivity index (χ4v) is 2.69. The number of nitrogens with zero attached hydrogens (tertiary/aromatic N) is 1. The van der Waals surface area contributed by atoms with Gasteiger partial charge in [0, 0.05) is 6.04 Å². The van der Waals surface area contributed by atoms with Gasteiger partial charge in [0.15, 0.2) is 5.13 Å². The summed E-state index contributed by atoms with van der Waals surface area (Å²) >= 11 is 1.58. The monoisotopic (exact) mass is 261 g/mol. The van der Waals surface area contributed by atoms with Crippen molar-refractivity contribution in [2.75, 3.05) is 5.32 Å². The first kappa shape index (κ1) is 11.5. The number of benzene rings is 1. The van der Waals surface area contributed by atoms with E-state index in [1.165, 1.54) is 0 Å². The van der Waals surface area contributed by atoms with Crippen molar-refractivity contribution in [2.45, 2.75) is 31.8 Å². The Morgan fingerprint density at radius 2 is 2.22 bits per heavy atom. The lowest BCUT2D eigenvalue weighted by molar-refractivity contribution is -0.121. The van der Waals surface area contributed by atoms with Crippen LogP contribution in [0.3, 0.4) is 0 Å². The first-order chi connectivity index (χ1) is 8.72. The van der Waals surface area contributed by atoms with E-state index in [4.69, 9.17) is 0 Å². The highest BCUT2D eigenvalue weighted by molar-refractivity contribution is 7.22. The van der Waals surface area contributed by atoms with Gasteiger partial charge in [0.25, 0.3) is 0 Å². The summed E-state index contributed by atoms with van der Waals surface area (Å²) in [5.41, 5.74) is 0.972. The van der Waals surface area contributed by atoms with Gasteiger partial charge in [0.2, 0.25) is 5.91 Å². The molecule has 1 amide bonds. The molecule has 1 unspecified atom stereocenters. The molecule has 0 saturated heterocycles. The average molecular weight is 261 g/mol. The van der Waals surface area contributed by atoms with Crippen LogP contribution in [0.15, 0.2) is 24.3 Å². The third-order valence-corrected chi connectivity index (χ3v) is 3.92. The summed E-state index contributed by atoms with van der Waals surface area (Å²) in [5, 5.41) is 6.94.